The van der Waals surface area contributed by atoms with Gasteiger partial charge >= 0.3 is 0 Å². The van der Waals surface area contributed by atoms with Gasteiger partial charge in [0.25, 0.3) is 0 Å². The van der Waals surface area contributed by atoms with Crippen LogP contribution in [-0.2, 0) is 13.1 Å². The van der Waals surface area contributed by atoms with Gasteiger partial charge < -0.3 is 4.57 Å². The molecule has 2 heterocycles. The fraction of sp³-hybridized carbons (Fsp3) is 0.476. The van der Waals surface area contributed by atoms with E-state index in [1.165, 1.54) is 12.8 Å². The highest BCUT2D eigenvalue weighted by Gasteiger charge is 2.23. The SMILES string of the molecule is Cc1cn[nH]c1-c1cc2c(cc1F)c(CNSC1CC1)cn2CC(C)(C)C. The predicted octanol–water partition coefficient (Wildman–Crippen LogP) is 5.43. The van der Waals surface area contributed by atoms with Gasteiger partial charge in [-0.05, 0) is 48.4 Å². The Bertz CT molecular complexity index is 963. The first-order valence-electron chi connectivity index (χ1n) is 9.52. The van der Waals surface area contributed by atoms with Gasteiger partial charge in [-0.15, -0.1) is 0 Å². The first-order valence-corrected chi connectivity index (χ1v) is 10.4. The van der Waals surface area contributed by atoms with Crippen LogP contribution in [-0.4, -0.2) is 20.0 Å². The minimum Gasteiger partial charge on any atom is -0.347 e. The molecule has 1 aliphatic carbocycles. The van der Waals surface area contributed by atoms with Crippen LogP contribution in [0.5, 0.6) is 0 Å². The van der Waals surface area contributed by atoms with E-state index in [4.69, 9.17) is 0 Å². The van der Waals surface area contributed by atoms with E-state index in [0.29, 0.717) is 5.56 Å². The zero-order valence-corrected chi connectivity index (χ0v) is 17.2. The number of hydrogen-bond acceptors (Lipinski definition) is 3. The Morgan fingerprint density at radius 3 is 2.74 bits per heavy atom. The van der Waals surface area contributed by atoms with Crippen molar-refractivity contribution in [1.82, 2.24) is 19.5 Å². The van der Waals surface area contributed by atoms with Crippen LogP contribution in [0.2, 0.25) is 0 Å². The third kappa shape index (κ3) is 4.06. The van der Waals surface area contributed by atoms with E-state index >= 15 is 0 Å². The number of fused-ring (bicyclic) bond motifs is 1. The molecular formula is C21H27FN4S. The molecule has 1 fully saturated rings. The molecule has 1 saturated carbocycles. The van der Waals surface area contributed by atoms with Gasteiger partial charge in [-0.25, -0.2) is 4.39 Å². The molecule has 0 unspecified atom stereocenters. The van der Waals surface area contributed by atoms with Gasteiger partial charge in [-0.1, -0.05) is 32.7 Å². The maximum atomic E-state index is 15.0. The molecule has 0 aliphatic heterocycles. The molecule has 0 spiro atoms. The highest BCUT2D eigenvalue weighted by molar-refractivity contribution is 7.98. The first kappa shape index (κ1) is 18.6. The summed E-state index contributed by atoms with van der Waals surface area (Å²) < 4.78 is 20.7. The van der Waals surface area contributed by atoms with E-state index in [1.54, 1.807) is 12.3 Å². The molecule has 0 atom stereocenters. The van der Waals surface area contributed by atoms with Gasteiger partial charge in [-0.2, -0.15) is 5.10 Å². The van der Waals surface area contributed by atoms with Crippen LogP contribution in [0, 0.1) is 18.2 Å². The molecule has 27 heavy (non-hydrogen) atoms. The van der Waals surface area contributed by atoms with Gasteiger partial charge in [0.05, 0.1) is 11.9 Å². The number of aromatic nitrogens is 3. The topological polar surface area (TPSA) is 45.6 Å². The molecule has 0 saturated heterocycles. The second-order valence-electron chi connectivity index (χ2n) is 8.76. The smallest absolute Gasteiger partial charge is 0.133 e. The summed E-state index contributed by atoms with van der Waals surface area (Å²) in [6.45, 7) is 10.2. The van der Waals surface area contributed by atoms with E-state index in [1.807, 2.05) is 24.9 Å². The maximum Gasteiger partial charge on any atom is 0.133 e. The number of nitrogens with zero attached hydrogens (tertiary/aromatic N) is 2. The molecule has 144 valence electrons. The second-order valence-corrected chi connectivity index (χ2v) is 9.95. The summed E-state index contributed by atoms with van der Waals surface area (Å²) in [6.07, 6.45) is 6.51. The van der Waals surface area contributed by atoms with Crippen molar-refractivity contribution in [1.29, 1.82) is 0 Å². The predicted molar refractivity (Wildman–Crippen MR) is 111 cm³/mol. The standard InChI is InChI=1S/C21H27FN4S/c1-13-9-23-25-20(13)17-8-19-16(7-18(17)22)14(10-24-27-15-5-6-15)11-26(19)12-21(2,3)4/h7-9,11,15,24H,5-6,10,12H2,1-4H3,(H,23,25). The van der Waals surface area contributed by atoms with E-state index in [-0.39, 0.29) is 11.2 Å². The molecular weight excluding hydrogens is 359 g/mol. The normalized spacial score (nSPS) is 15.0. The zero-order valence-electron chi connectivity index (χ0n) is 16.4. The number of hydrogen-bond donors (Lipinski definition) is 2. The van der Waals surface area contributed by atoms with Crippen LogP contribution in [0.4, 0.5) is 4.39 Å². The number of nitrogens with one attached hydrogen (secondary N) is 2. The molecule has 3 aromatic rings. The maximum absolute atomic E-state index is 15.0. The van der Waals surface area contributed by atoms with E-state index in [0.717, 1.165) is 46.1 Å². The monoisotopic (exact) mass is 386 g/mol. The van der Waals surface area contributed by atoms with Crippen LogP contribution < -0.4 is 4.72 Å². The van der Waals surface area contributed by atoms with Crippen molar-refractivity contribution in [3.63, 3.8) is 0 Å². The Morgan fingerprint density at radius 1 is 1.33 bits per heavy atom. The number of halogens is 1. The van der Waals surface area contributed by atoms with E-state index in [9.17, 15) is 4.39 Å². The summed E-state index contributed by atoms with van der Waals surface area (Å²) in [6, 6.07) is 3.65. The van der Waals surface area contributed by atoms with Crippen molar-refractivity contribution in [2.75, 3.05) is 0 Å². The van der Waals surface area contributed by atoms with E-state index in [2.05, 4.69) is 46.5 Å². The quantitative estimate of drug-likeness (QED) is 0.556. The number of H-pyrrole nitrogens is 1. The average Bonchev–Trinajstić information content (AvgIpc) is 3.23. The molecule has 0 bridgehead atoms. The molecule has 0 amide bonds. The molecule has 0 radical (unpaired) electrons. The average molecular weight is 387 g/mol. The largest absolute Gasteiger partial charge is 0.347 e. The van der Waals surface area contributed by atoms with Crippen molar-refractivity contribution in [3.05, 3.63) is 41.5 Å². The van der Waals surface area contributed by atoms with Crippen molar-refractivity contribution in [2.45, 2.75) is 58.9 Å². The lowest BCUT2D eigenvalue weighted by Crippen LogP contribution is -2.14. The van der Waals surface area contributed by atoms with Gasteiger partial charge in [0.15, 0.2) is 0 Å². The van der Waals surface area contributed by atoms with Crippen LogP contribution in [0.3, 0.4) is 0 Å². The third-order valence-electron chi connectivity index (χ3n) is 4.83. The molecule has 6 heteroatoms. The molecule has 4 nitrogen and oxygen atoms in total. The number of aromatic amines is 1. The van der Waals surface area contributed by atoms with Gasteiger partial charge in [0.2, 0.25) is 0 Å². The summed E-state index contributed by atoms with van der Waals surface area (Å²) in [5, 5.41) is 8.74. The summed E-state index contributed by atoms with van der Waals surface area (Å²) in [4.78, 5) is 0. The molecule has 2 N–H and O–H groups in total. The lowest BCUT2D eigenvalue weighted by molar-refractivity contribution is 0.349. The highest BCUT2D eigenvalue weighted by Crippen LogP contribution is 2.34. The molecule has 2 aromatic heterocycles. The Kier molecular flexibility index (Phi) is 4.80. The van der Waals surface area contributed by atoms with Gasteiger partial charge in [0.1, 0.15) is 5.82 Å². The van der Waals surface area contributed by atoms with Crippen LogP contribution in [0.25, 0.3) is 22.2 Å². The Balaban J connectivity index is 1.77. The summed E-state index contributed by atoms with van der Waals surface area (Å²) in [5.41, 5.74) is 4.64. The fourth-order valence-electron chi connectivity index (χ4n) is 3.40. The third-order valence-corrected chi connectivity index (χ3v) is 5.95. The van der Waals surface area contributed by atoms with Crippen molar-refractivity contribution >= 4 is 22.9 Å². The number of aryl methyl sites for hydroxylation is 1. The Morgan fingerprint density at radius 2 is 2.11 bits per heavy atom. The Hall–Kier alpha value is -1.79. The first-order chi connectivity index (χ1) is 12.8. The molecule has 1 aliphatic rings. The van der Waals surface area contributed by atoms with Crippen LogP contribution >= 0.6 is 11.9 Å². The minimum absolute atomic E-state index is 0.137. The highest BCUT2D eigenvalue weighted by atomic mass is 32.2. The fourth-order valence-corrected chi connectivity index (χ4v) is 4.25. The van der Waals surface area contributed by atoms with Crippen LogP contribution in [0.15, 0.2) is 24.5 Å². The van der Waals surface area contributed by atoms with Gasteiger partial charge in [0, 0.05) is 41.0 Å². The summed E-state index contributed by atoms with van der Waals surface area (Å²) in [5.74, 6) is -0.209. The number of rotatable bonds is 6. The second kappa shape index (κ2) is 6.99. The van der Waals surface area contributed by atoms with Crippen molar-refractivity contribution < 1.29 is 4.39 Å². The Labute approximate surface area is 164 Å². The summed E-state index contributed by atoms with van der Waals surface area (Å²) >= 11 is 1.81. The molecule has 4 rings (SSSR count). The minimum atomic E-state index is -0.209. The lowest BCUT2D eigenvalue weighted by atomic mass is 9.97. The van der Waals surface area contributed by atoms with Crippen molar-refractivity contribution in [3.8, 4) is 11.3 Å². The molecule has 1 aromatic carbocycles. The zero-order chi connectivity index (χ0) is 19.2. The lowest BCUT2D eigenvalue weighted by Gasteiger charge is -2.20. The van der Waals surface area contributed by atoms with E-state index < -0.39 is 0 Å². The van der Waals surface area contributed by atoms with Crippen molar-refractivity contribution in [2.24, 2.45) is 5.41 Å². The van der Waals surface area contributed by atoms with Crippen LogP contribution in [0.1, 0.15) is 44.7 Å². The number of benzene rings is 1. The summed E-state index contributed by atoms with van der Waals surface area (Å²) in [7, 11) is 0. The van der Waals surface area contributed by atoms with Gasteiger partial charge in [-0.3, -0.25) is 9.82 Å².